The summed E-state index contributed by atoms with van der Waals surface area (Å²) >= 11 is 1.59. The Morgan fingerprint density at radius 3 is 2.33 bits per heavy atom. The molecule has 0 saturated carbocycles. The van der Waals surface area contributed by atoms with Gasteiger partial charge in [-0.1, -0.05) is 103 Å². The summed E-state index contributed by atoms with van der Waals surface area (Å²) in [6.07, 6.45) is 2.17. The van der Waals surface area contributed by atoms with E-state index in [9.17, 15) is 0 Å². The summed E-state index contributed by atoms with van der Waals surface area (Å²) in [7, 11) is 0. The van der Waals surface area contributed by atoms with Gasteiger partial charge in [0.05, 0.1) is 22.3 Å². The van der Waals surface area contributed by atoms with Crippen LogP contribution in [0, 0.1) is 0 Å². The van der Waals surface area contributed by atoms with Crippen LogP contribution in [0.25, 0.3) is 60.3 Å². The molecule has 9 rings (SSSR count). The van der Waals surface area contributed by atoms with E-state index in [1.54, 1.807) is 11.3 Å². The summed E-state index contributed by atoms with van der Waals surface area (Å²) in [5.41, 5.74) is 9.95. The van der Waals surface area contributed by atoms with Crippen LogP contribution >= 0.6 is 11.3 Å². The predicted octanol–water partition coefficient (Wildman–Crippen LogP) is 11.4. The molecule has 0 spiro atoms. The van der Waals surface area contributed by atoms with E-state index in [-0.39, 0.29) is 0 Å². The number of hydrogen-bond donors (Lipinski definition) is 0. The van der Waals surface area contributed by atoms with Crippen molar-refractivity contribution in [1.29, 1.82) is 0 Å². The topological polar surface area (TPSA) is 34.6 Å². The largest absolute Gasteiger partial charge is 0.320 e. The third kappa shape index (κ3) is 4.59. The summed E-state index contributed by atoms with van der Waals surface area (Å²) in [5.74, 6) is 0. The highest BCUT2D eigenvalue weighted by atomic mass is 32.1. The lowest BCUT2D eigenvalue weighted by atomic mass is 9.95. The number of aromatic nitrogens is 2. The van der Waals surface area contributed by atoms with Crippen molar-refractivity contribution >= 4 is 72.2 Å². The Balaban J connectivity index is 1.24. The Kier molecular flexibility index (Phi) is 6.84. The van der Waals surface area contributed by atoms with E-state index in [2.05, 4.69) is 178 Å². The maximum absolute atomic E-state index is 5.45. The Bertz CT molecular complexity index is 2670. The van der Waals surface area contributed by atoms with Crippen LogP contribution in [-0.2, 0) is 6.67 Å². The maximum Gasteiger partial charge on any atom is 0.124 e. The van der Waals surface area contributed by atoms with Crippen LogP contribution in [0.2, 0.25) is 0 Å². The summed E-state index contributed by atoms with van der Waals surface area (Å²) < 4.78 is 4.63. The molecule has 0 aliphatic carbocycles. The zero-order valence-electron chi connectivity index (χ0n) is 26.1. The third-order valence-corrected chi connectivity index (χ3v) is 10.1. The lowest BCUT2D eigenvalue weighted by Gasteiger charge is -2.13. The second-order valence-corrected chi connectivity index (χ2v) is 12.8. The van der Waals surface area contributed by atoms with Crippen molar-refractivity contribution in [3.8, 4) is 16.8 Å². The predicted molar refractivity (Wildman–Crippen MR) is 205 cm³/mol. The number of fused-ring (bicyclic) bond motifs is 6. The quantitative estimate of drug-likeness (QED) is 0.156. The number of para-hydroxylation sites is 2. The molecule has 3 aromatic heterocycles. The summed E-state index contributed by atoms with van der Waals surface area (Å²) in [6.45, 7) is 4.33. The molecule has 5 heteroatoms. The minimum absolute atomic E-state index is 0.444. The Morgan fingerprint density at radius 1 is 0.646 bits per heavy atom. The van der Waals surface area contributed by atoms with Crippen molar-refractivity contribution < 1.29 is 0 Å². The first-order valence-corrected chi connectivity index (χ1v) is 16.9. The fourth-order valence-corrected chi connectivity index (χ4v) is 7.81. The normalized spacial score (nSPS) is 12.0. The first-order chi connectivity index (χ1) is 23.8. The molecular formula is C43H30N4S. The fourth-order valence-electron chi connectivity index (χ4n) is 7.12. The molecule has 0 N–H and O–H groups in total. The highest BCUT2D eigenvalue weighted by Crippen LogP contribution is 2.37. The van der Waals surface area contributed by atoms with E-state index < -0.39 is 0 Å². The number of thiophene rings is 1. The molecule has 0 fully saturated rings. The van der Waals surface area contributed by atoms with Crippen molar-refractivity contribution in [2.45, 2.75) is 6.67 Å². The van der Waals surface area contributed by atoms with Crippen LogP contribution in [0.1, 0.15) is 11.1 Å². The highest BCUT2D eigenvalue weighted by molar-refractivity contribution is 7.14. The standard InChI is InChI=1S/C43H30N4S/c1-44-43-38(24-26-48-43)41(31-14-9-13-30(27-31)34-19-10-12-29-11-5-6-17-33(29)34)45-28-47-39-20-8-7-18-35(39)36-21-22-40-37(42(36)47)23-25-46(40)32-15-3-2-4-16-32/h2-27H,1,28H2/b45-41-. The van der Waals surface area contributed by atoms with Gasteiger partial charge in [0.15, 0.2) is 0 Å². The molecule has 4 nitrogen and oxygen atoms in total. The van der Waals surface area contributed by atoms with Gasteiger partial charge in [-0.05, 0) is 76.5 Å². The minimum Gasteiger partial charge on any atom is -0.320 e. The van der Waals surface area contributed by atoms with E-state index in [0.717, 1.165) is 38.6 Å². The van der Waals surface area contributed by atoms with Crippen LogP contribution in [0.3, 0.4) is 0 Å². The molecule has 0 bridgehead atoms. The van der Waals surface area contributed by atoms with Crippen molar-refractivity contribution in [3.05, 3.63) is 168 Å². The molecule has 0 aliphatic rings. The zero-order chi connectivity index (χ0) is 32.0. The van der Waals surface area contributed by atoms with Crippen molar-refractivity contribution in [2.75, 3.05) is 0 Å². The first kappa shape index (κ1) is 28.2. The molecule has 0 radical (unpaired) electrons. The van der Waals surface area contributed by atoms with Gasteiger partial charge < -0.3 is 9.13 Å². The molecule has 0 saturated heterocycles. The van der Waals surface area contributed by atoms with Crippen LogP contribution in [0.4, 0.5) is 5.00 Å². The highest BCUT2D eigenvalue weighted by Gasteiger charge is 2.18. The second kappa shape index (κ2) is 11.6. The van der Waals surface area contributed by atoms with Crippen LogP contribution in [0.5, 0.6) is 0 Å². The molecule has 6 aromatic carbocycles. The third-order valence-electron chi connectivity index (χ3n) is 9.28. The Hall–Kier alpha value is -6.04. The lowest BCUT2D eigenvalue weighted by molar-refractivity contribution is 0.795. The van der Waals surface area contributed by atoms with Crippen molar-refractivity contribution in [2.24, 2.45) is 9.98 Å². The van der Waals surface area contributed by atoms with E-state index in [1.807, 2.05) is 0 Å². The molecule has 0 unspecified atom stereocenters. The van der Waals surface area contributed by atoms with Crippen LogP contribution in [0.15, 0.2) is 167 Å². The molecule has 0 aliphatic heterocycles. The molecule has 48 heavy (non-hydrogen) atoms. The monoisotopic (exact) mass is 634 g/mol. The van der Waals surface area contributed by atoms with E-state index in [1.165, 1.54) is 43.5 Å². The maximum atomic E-state index is 5.45. The van der Waals surface area contributed by atoms with E-state index in [0.29, 0.717) is 6.67 Å². The lowest BCUT2D eigenvalue weighted by Crippen LogP contribution is -2.06. The SMILES string of the molecule is C=Nc1sccc1/C(=N\Cn1c2ccccc2c2ccc3c(ccn3-c3ccccc3)c21)c1cccc(-c2cccc3ccccc23)c1. The molecule has 9 aromatic rings. The number of rotatable bonds is 7. The molecule has 228 valence electrons. The summed E-state index contributed by atoms with van der Waals surface area (Å²) in [5, 5.41) is 9.04. The number of benzene rings is 6. The van der Waals surface area contributed by atoms with E-state index >= 15 is 0 Å². The smallest absolute Gasteiger partial charge is 0.124 e. The van der Waals surface area contributed by atoms with Crippen molar-refractivity contribution in [3.63, 3.8) is 0 Å². The number of hydrogen-bond acceptors (Lipinski definition) is 3. The minimum atomic E-state index is 0.444. The molecule has 3 heterocycles. The average Bonchev–Trinajstić information content (AvgIpc) is 3.88. The Morgan fingerprint density at radius 2 is 1.44 bits per heavy atom. The summed E-state index contributed by atoms with van der Waals surface area (Å²) in [6, 6.07) is 51.8. The van der Waals surface area contributed by atoms with Gasteiger partial charge in [0.1, 0.15) is 11.7 Å². The van der Waals surface area contributed by atoms with Crippen LogP contribution in [-0.4, -0.2) is 21.6 Å². The second-order valence-electron chi connectivity index (χ2n) is 11.9. The zero-order valence-corrected chi connectivity index (χ0v) is 26.9. The number of aliphatic imine (C=N–C) groups is 2. The molecule has 0 amide bonds. The van der Waals surface area contributed by atoms with Gasteiger partial charge in [-0.2, -0.15) is 0 Å². The van der Waals surface area contributed by atoms with Gasteiger partial charge in [0.2, 0.25) is 0 Å². The fraction of sp³-hybridized carbons (Fsp3) is 0.0233. The van der Waals surface area contributed by atoms with E-state index in [4.69, 9.17) is 4.99 Å². The van der Waals surface area contributed by atoms with Gasteiger partial charge in [-0.25, -0.2) is 0 Å². The summed E-state index contributed by atoms with van der Waals surface area (Å²) in [4.78, 5) is 9.84. The number of nitrogens with zero attached hydrogens (tertiary/aromatic N) is 4. The van der Waals surface area contributed by atoms with Crippen molar-refractivity contribution in [1.82, 2.24) is 9.13 Å². The Labute approximate surface area is 282 Å². The van der Waals surface area contributed by atoms with Gasteiger partial charge >= 0.3 is 0 Å². The average molecular weight is 635 g/mol. The van der Waals surface area contributed by atoms with Gasteiger partial charge in [0, 0.05) is 39.2 Å². The molecule has 0 atom stereocenters. The van der Waals surface area contributed by atoms with Gasteiger partial charge in [-0.15, -0.1) is 11.3 Å². The van der Waals surface area contributed by atoms with Crippen LogP contribution < -0.4 is 0 Å². The van der Waals surface area contributed by atoms with Gasteiger partial charge in [-0.3, -0.25) is 9.98 Å². The first-order valence-electron chi connectivity index (χ1n) is 16.0. The van der Waals surface area contributed by atoms with Gasteiger partial charge in [0.25, 0.3) is 0 Å². The molecular weight excluding hydrogens is 605 g/mol.